The molecule has 0 aliphatic heterocycles. The summed E-state index contributed by atoms with van der Waals surface area (Å²) >= 11 is 3.56. The van der Waals surface area contributed by atoms with Crippen LogP contribution in [-0.4, -0.2) is 9.97 Å². The second kappa shape index (κ2) is 4.97. The van der Waals surface area contributed by atoms with E-state index in [1.807, 2.05) is 43.5 Å². The average molecular weight is 314 g/mol. The van der Waals surface area contributed by atoms with E-state index in [2.05, 4.69) is 31.2 Å². The van der Waals surface area contributed by atoms with Crippen LogP contribution in [0.5, 0.6) is 0 Å². The van der Waals surface area contributed by atoms with Crippen molar-refractivity contribution in [1.29, 1.82) is 0 Å². The van der Waals surface area contributed by atoms with E-state index in [-0.39, 0.29) is 0 Å². The third-order valence-electron chi connectivity index (χ3n) is 3.02. The van der Waals surface area contributed by atoms with Crippen LogP contribution >= 0.6 is 15.9 Å². The number of aromatic nitrogens is 2. The molecule has 3 nitrogen and oxygen atoms in total. The zero-order chi connectivity index (χ0) is 13.2. The van der Waals surface area contributed by atoms with Crippen LogP contribution in [0.1, 0.15) is 5.56 Å². The monoisotopic (exact) mass is 313 g/mol. The highest BCUT2D eigenvalue weighted by Gasteiger charge is 2.06. The van der Waals surface area contributed by atoms with Gasteiger partial charge in [0, 0.05) is 35.1 Å². The molecule has 0 radical (unpaired) electrons. The predicted octanol–water partition coefficient (Wildman–Crippen LogP) is 4.44. The largest absolute Gasteiger partial charge is 0.339 e. The number of nitrogens with one attached hydrogen (secondary N) is 1. The zero-order valence-electron chi connectivity index (χ0n) is 10.4. The number of hydrogen-bond acceptors (Lipinski definition) is 3. The molecule has 0 bridgehead atoms. The Morgan fingerprint density at radius 1 is 1.11 bits per heavy atom. The highest BCUT2D eigenvalue weighted by molar-refractivity contribution is 9.10. The first-order valence-corrected chi connectivity index (χ1v) is 6.76. The van der Waals surface area contributed by atoms with Crippen LogP contribution in [0.3, 0.4) is 0 Å². The number of fused-ring (bicyclic) bond motifs is 1. The van der Waals surface area contributed by atoms with Crippen LogP contribution in [0.2, 0.25) is 0 Å². The first-order valence-electron chi connectivity index (χ1n) is 5.96. The van der Waals surface area contributed by atoms with Crippen molar-refractivity contribution in [2.75, 3.05) is 5.32 Å². The van der Waals surface area contributed by atoms with Crippen LogP contribution in [0.4, 0.5) is 11.5 Å². The zero-order valence-corrected chi connectivity index (χ0v) is 12.0. The summed E-state index contributed by atoms with van der Waals surface area (Å²) < 4.78 is 0.987. The average Bonchev–Trinajstić information content (AvgIpc) is 2.44. The lowest BCUT2D eigenvalue weighted by Gasteiger charge is -2.11. The molecule has 2 heterocycles. The highest BCUT2D eigenvalue weighted by Crippen LogP contribution is 2.29. The van der Waals surface area contributed by atoms with E-state index in [0.29, 0.717) is 0 Å². The summed E-state index contributed by atoms with van der Waals surface area (Å²) in [5.41, 5.74) is 2.18. The molecule has 0 fully saturated rings. The summed E-state index contributed by atoms with van der Waals surface area (Å²) in [7, 11) is 0. The minimum absolute atomic E-state index is 0.823. The maximum absolute atomic E-state index is 4.37. The van der Waals surface area contributed by atoms with Crippen molar-refractivity contribution < 1.29 is 0 Å². The van der Waals surface area contributed by atoms with E-state index in [9.17, 15) is 0 Å². The van der Waals surface area contributed by atoms with Gasteiger partial charge in [-0.1, -0.05) is 12.1 Å². The number of nitrogens with zero attached hydrogens (tertiary/aromatic N) is 2. The van der Waals surface area contributed by atoms with E-state index >= 15 is 0 Å². The molecule has 0 unspecified atom stereocenters. The van der Waals surface area contributed by atoms with Crippen molar-refractivity contribution in [2.24, 2.45) is 0 Å². The molecule has 0 saturated heterocycles. The normalized spacial score (nSPS) is 10.6. The molecule has 2 aromatic heterocycles. The minimum atomic E-state index is 0.823. The van der Waals surface area contributed by atoms with Crippen LogP contribution < -0.4 is 5.32 Å². The van der Waals surface area contributed by atoms with E-state index in [1.54, 1.807) is 12.4 Å². The van der Waals surface area contributed by atoms with Crippen molar-refractivity contribution in [3.8, 4) is 0 Å². The smallest absolute Gasteiger partial charge is 0.144 e. The summed E-state index contributed by atoms with van der Waals surface area (Å²) in [5.74, 6) is 0.823. The van der Waals surface area contributed by atoms with Gasteiger partial charge in [-0.25, -0.2) is 4.98 Å². The van der Waals surface area contributed by atoms with Gasteiger partial charge in [-0.3, -0.25) is 4.98 Å². The van der Waals surface area contributed by atoms with E-state index < -0.39 is 0 Å². The molecule has 0 spiro atoms. The fourth-order valence-corrected chi connectivity index (χ4v) is 2.32. The van der Waals surface area contributed by atoms with E-state index in [1.165, 1.54) is 0 Å². The molecule has 4 heteroatoms. The molecular weight excluding hydrogens is 302 g/mol. The molecule has 1 aromatic carbocycles. The Bertz CT molecular complexity index is 735. The van der Waals surface area contributed by atoms with E-state index in [0.717, 1.165) is 32.3 Å². The van der Waals surface area contributed by atoms with E-state index in [4.69, 9.17) is 0 Å². The molecule has 3 aromatic rings. The van der Waals surface area contributed by atoms with Crippen LogP contribution in [0.25, 0.3) is 10.8 Å². The Balaban J connectivity index is 2.09. The Morgan fingerprint density at radius 3 is 2.89 bits per heavy atom. The molecular formula is C15H12BrN3. The SMILES string of the molecule is Cc1ccnc(Nc2cccc3cnccc23)c1Br. The lowest BCUT2D eigenvalue weighted by molar-refractivity contribution is 1.25. The molecule has 19 heavy (non-hydrogen) atoms. The fourth-order valence-electron chi connectivity index (χ4n) is 1.99. The van der Waals surface area contributed by atoms with Gasteiger partial charge in [0.1, 0.15) is 5.82 Å². The Labute approximate surface area is 119 Å². The Hall–Kier alpha value is -1.94. The number of hydrogen-bond donors (Lipinski definition) is 1. The van der Waals surface area contributed by atoms with Crippen molar-refractivity contribution in [1.82, 2.24) is 9.97 Å². The number of aryl methyl sites for hydroxylation is 1. The third-order valence-corrected chi connectivity index (χ3v) is 4.02. The number of anilines is 2. The standard InChI is InChI=1S/C15H12BrN3/c1-10-5-8-18-15(14(10)16)19-13-4-2-3-11-9-17-7-6-12(11)13/h2-9H,1H3,(H,18,19). The van der Waals surface area contributed by atoms with Gasteiger partial charge >= 0.3 is 0 Å². The molecule has 3 rings (SSSR count). The molecule has 0 aliphatic rings. The number of benzene rings is 1. The van der Waals surface area contributed by atoms with Crippen molar-refractivity contribution >= 4 is 38.2 Å². The number of rotatable bonds is 2. The maximum atomic E-state index is 4.37. The Morgan fingerprint density at radius 2 is 2.00 bits per heavy atom. The van der Waals surface area contributed by atoms with Crippen LogP contribution in [0, 0.1) is 6.92 Å². The Kier molecular flexibility index (Phi) is 3.17. The van der Waals surface area contributed by atoms with Gasteiger partial charge in [-0.2, -0.15) is 0 Å². The fraction of sp³-hybridized carbons (Fsp3) is 0.0667. The minimum Gasteiger partial charge on any atom is -0.339 e. The lowest BCUT2D eigenvalue weighted by Crippen LogP contribution is -1.96. The number of pyridine rings is 2. The topological polar surface area (TPSA) is 37.8 Å². The second-order valence-electron chi connectivity index (χ2n) is 4.32. The molecule has 0 saturated carbocycles. The van der Waals surface area contributed by atoms with Gasteiger partial charge in [0.25, 0.3) is 0 Å². The lowest BCUT2D eigenvalue weighted by atomic mass is 10.1. The molecule has 1 N–H and O–H groups in total. The van der Waals surface area contributed by atoms with Gasteiger partial charge in [0.05, 0.1) is 4.47 Å². The van der Waals surface area contributed by atoms with Gasteiger partial charge in [0.15, 0.2) is 0 Å². The summed E-state index contributed by atoms with van der Waals surface area (Å²) in [6.07, 6.45) is 5.46. The first kappa shape index (κ1) is 12.1. The summed E-state index contributed by atoms with van der Waals surface area (Å²) in [5, 5.41) is 5.61. The number of halogens is 1. The highest BCUT2D eigenvalue weighted by atomic mass is 79.9. The predicted molar refractivity (Wildman–Crippen MR) is 81.7 cm³/mol. The molecule has 94 valence electrons. The van der Waals surface area contributed by atoms with Gasteiger partial charge in [-0.15, -0.1) is 0 Å². The van der Waals surface area contributed by atoms with Gasteiger partial charge in [-0.05, 0) is 46.6 Å². The van der Waals surface area contributed by atoms with Crippen molar-refractivity contribution in [3.05, 3.63) is 59.0 Å². The maximum Gasteiger partial charge on any atom is 0.144 e. The quantitative estimate of drug-likeness (QED) is 0.759. The van der Waals surface area contributed by atoms with Crippen molar-refractivity contribution in [2.45, 2.75) is 6.92 Å². The van der Waals surface area contributed by atoms with Gasteiger partial charge in [0.2, 0.25) is 0 Å². The summed E-state index contributed by atoms with van der Waals surface area (Å²) in [6, 6.07) is 10.1. The molecule has 0 atom stereocenters. The third kappa shape index (κ3) is 2.31. The van der Waals surface area contributed by atoms with Crippen molar-refractivity contribution in [3.63, 3.8) is 0 Å². The summed E-state index contributed by atoms with van der Waals surface area (Å²) in [4.78, 5) is 8.51. The van der Waals surface area contributed by atoms with Crippen LogP contribution in [0.15, 0.2) is 53.4 Å². The molecule has 0 aliphatic carbocycles. The second-order valence-corrected chi connectivity index (χ2v) is 5.11. The van der Waals surface area contributed by atoms with Crippen LogP contribution in [-0.2, 0) is 0 Å². The van der Waals surface area contributed by atoms with Gasteiger partial charge < -0.3 is 5.32 Å². The first-order chi connectivity index (χ1) is 9.25. The summed E-state index contributed by atoms with van der Waals surface area (Å²) in [6.45, 7) is 2.05. The molecule has 0 amide bonds.